The van der Waals surface area contributed by atoms with E-state index in [2.05, 4.69) is 5.32 Å². The number of benzene rings is 2. The number of hydrogen-bond donors (Lipinski definition) is 4. The van der Waals surface area contributed by atoms with Gasteiger partial charge in [0.1, 0.15) is 5.75 Å². The molecule has 0 bridgehead atoms. The zero-order chi connectivity index (χ0) is 14.9. The highest BCUT2D eigenvalue weighted by atomic mass is 16.3. The smallest absolute Gasteiger partial charge is 0.256 e. The van der Waals surface area contributed by atoms with Gasteiger partial charge < -0.3 is 20.6 Å². The molecule has 0 radical (unpaired) electrons. The number of phenolic OH excluding ortho intramolecular Hbond substituents is 3. The Balaban J connectivity index is 2.28. The van der Waals surface area contributed by atoms with Gasteiger partial charge in [0.05, 0.1) is 0 Å². The third kappa shape index (κ3) is 2.51. The Kier molecular flexibility index (Phi) is 3.52. The Hall–Kier alpha value is -2.69. The van der Waals surface area contributed by atoms with Crippen molar-refractivity contribution in [2.24, 2.45) is 0 Å². The van der Waals surface area contributed by atoms with Crippen LogP contribution in [0.2, 0.25) is 0 Å². The molecule has 2 aromatic carbocycles. The van der Waals surface area contributed by atoms with Gasteiger partial charge in [0.2, 0.25) is 0 Å². The van der Waals surface area contributed by atoms with Gasteiger partial charge in [-0.1, -0.05) is 0 Å². The van der Waals surface area contributed by atoms with E-state index in [1.165, 1.54) is 18.2 Å². The molecule has 2 aromatic rings. The second-order valence-electron chi connectivity index (χ2n) is 4.56. The van der Waals surface area contributed by atoms with E-state index in [0.29, 0.717) is 16.8 Å². The summed E-state index contributed by atoms with van der Waals surface area (Å²) in [6, 6.07) is 7.41. The van der Waals surface area contributed by atoms with Gasteiger partial charge in [0.15, 0.2) is 11.5 Å². The Morgan fingerprint density at radius 1 is 1.00 bits per heavy atom. The van der Waals surface area contributed by atoms with E-state index in [-0.39, 0.29) is 22.8 Å². The number of aryl methyl sites for hydroxylation is 1. The van der Waals surface area contributed by atoms with Crippen molar-refractivity contribution in [3.05, 3.63) is 47.0 Å². The first kappa shape index (κ1) is 13.7. The molecule has 0 aromatic heterocycles. The topological polar surface area (TPSA) is 89.8 Å². The second-order valence-corrected chi connectivity index (χ2v) is 4.56. The van der Waals surface area contributed by atoms with Crippen molar-refractivity contribution in [2.75, 3.05) is 5.32 Å². The quantitative estimate of drug-likeness (QED) is 0.500. The van der Waals surface area contributed by atoms with Crippen LogP contribution in [-0.2, 0) is 0 Å². The molecule has 0 fully saturated rings. The van der Waals surface area contributed by atoms with Crippen LogP contribution in [0.4, 0.5) is 5.69 Å². The summed E-state index contributed by atoms with van der Waals surface area (Å²) in [5.74, 6) is -0.816. The van der Waals surface area contributed by atoms with E-state index < -0.39 is 5.91 Å². The van der Waals surface area contributed by atoms with Crippen LogP contribution in [0.3, 0.4) is 0 Å². The predicted molar refractivity (Wildman–Crippen MR) is 75.3 cm³/mol. The monoisotopic (exact) mass is 273 g/mol. The Bertz CT molecular complexity index is 680. The van der Waals surface area contributed by atoms with Crippen molar-refractivity contribution in [1.82, 2.24) is 0 Å². The summed E-state index contributed by atoms with van der Waals surface area (Å²) in [5, 5.41) is 31.1. The molecule has 0 saturated heterocycles. The third-order valence-electron chi connectivity index (χ3n) is 3.11. The molecule has 4 N–H and O–H groups in total. The molecule has 0 atom stereocenters. The van der Waals surface area contributed by atoms with Crippen LogP contribution in [0.5, 0.6) is 17.2 Å². The Labute approximate surface area is 116 Å². The van der Waals surface area contributed by atoms with Gasteiger partial charge in [-0.05, 0) is 49.7 Å². The van der Waals surface area contributed by atoms with Crippen molar-refractivity contribution >= 4 is 11.6 Å². The highest BCUT2D eigenvalue weighted by Crippen LogP contribution is 2.31. The van der Waals surface area contributed by atoms with E-state index in [9.17, 15) is 20.1 Å². The normalized spacial score (nSPS) is 10.3. The lowest BCUT2D eigenvalue weighted by Gasteiger charge is -2.10. The van der Waals surface area contributed by atoms with Crippen molar-refractivity contribution < 1.29 is 20.1 Å². The van der Waals surface area contributed by atoms with E-state index in [1.54, 1.807) is 26.0 Å². The minimum atomic E-state index is -0.400. The SMILES string of the molecule is Cc1cc(NC(=O)c2ccc(O)c(O)c2C)ccc1O. The van der Waals surface area contributed by atoms with Crippen LogP contribution in [0, 0.1) is 13.8 Å². The number of nitrogens with one attached hydrogen (secondary N) is 1. The molecule has 5 nitrogen and oxygen atoms in total. The number of aromatic hydroxyl groups is 3. The second kappa shape index (κ2) is 5.13. The molecule has 0 spiro atoms. The lowest BCUT2D eigenvalue weighted by Crippen LogP contribution is -2.13. The third-order valence-corrected chi connectivity index (χ3v) is 3.11. The molecule has 104 valence electrons. The maximum absolute atomic E-state index is 12.1. The minimum absolute atomic E-state index is 0.154. The fraction of sp³-hybridized carbons (Fsp3) is 0.133. The number of rotatable bonds is 2. The largest absolute Gasteiger partial charge is 0.508 e. The number of carbonyl (C=O) groups excluding carboxylic acids is 1. The zero-order valence-corrected chi connectivity index (χ0v) is 11.1. The van der Waals surface area contributed by atoms with E-state index in [4.69, 9.17) is 0 Å². The zero-order valence-electron chi connectivity index (χ0n) is 11.1. The van der Waals surface area contributed by atoms with Gasteiger partial charge >= 0.3 is 0 Å². The molecule has 20 heavy (non-hydrogen) atoms. The minimum Gasteiger partial charge on any atom is -0.508 e. The van der Waals surface area contributed by atoms with Crippen molar-refractivity contribution in [2.45, 2.75) is 13.8 Å². The molecule has 0 unspecified atom stereocenters. The summed E-state index contributed by atoms with van der Waals surface area (Å²) in [5.41, 5.74) is 1.76. The molecule has 0 aliphatic rings. The van der Waals surface area contributed by atoms with Crippen molar-refractivity contribution in [3.63, 3.8) is 0 Å². The molecule has 0 saturated carbocycles. The van der Waals surface area contributed by atoms with Gasteiger partial charge in [-0.2, -0.15) is 0 Å². The number of hydrogen-bond acceptors (Lipinski definition) is 4. The average molecular weight is 273 g/mol. The van der Waals surface area contributed by atoms with Crippen LogP contribution in [0.1, 0.15) is 21.5 Å². The summed E-state index contributed by atoms with van der Waals surface area (Å²) >= 11 is 0. The molecule has 5 heteroatoms. The summed E-state index contributed by atoms with van der Waals surface area (Å²) in [4.78, 5) is 12.1. The molecule has 2 rings (SSSR count). The lowest BCUT2D eigenvalue weighted by atomic mass is 10.1. The average Bonchev–Trinajstić information content (AvgIpc) is 2.40. The van der Waals surface area contributed by atoms with E-state index >= 15 is 0 Å². The summed E-state index contributed by atoms with van der Waals surface area (Å²) in [6.07, 6.45) is 0. The van der Waals surface area contributed by atoms with Gasteiger partial charge in [-0.15, -0.1) is 0 Å². The van der Waals surface area contributed by atoms with Crippen LogP contribution in [-0.4, -0.2) is 21.2 Å². The standard InChI is InChI=1S/C15H15NO4/c1-8-7-10(3-5-12(8)17)16-15(20)11-4-6-13(18)14(19)9(11)2/h3-7,17-19H,1-2H3,(H,16,20). The van der Waals surface area contributed by atoms with Crippen molar-refractivity contribution in [3.8, 4) is 17.2 Å². The Morgan fingerprint density at radius 2 is 1.65 bits per heavy atom. The number of anilines is 1. The maximum atomic E-state index is 12.1. The molecule has 0 aliphatic heterocycles. The first-order valence-corrected chi connectivity index (χ1v) is 6.02. The first-order chi connectivity index (χ1) is 9.40. The highest BCUT2D eigenvalue weighted by Gasteiger charge is 2.14. The molecular weight excluding hydrogens is 258 g/mol. The first-order valence-electron chi connectivity index (χ1n) is 6.02. The van der Waals surface area contributed by atoms with Crippen molar-refractivity contribution in [1.29, 1.82) is 0 Å². The van der Waals surface area contributed by atoms with Crippen LogP contribution >= 0.6 is 0 Å². The van der Waals surface area contributed by atoms with Crippen LogP contribution < -0.4 is 5.32 Å². The fourth-order valence-electron chi connectivity index (χ4n) is 1.86. The fourth-order valence-corrected chi connectivity index (χ4v) is 1.86. The molecule has 0 heterocycles. The van der Waals surface area contributed by atoms with E-state index in [0.717, 1.165) is 0 Å². The lowest BCUT2D eigenvalue weighted by molar-refractivity contribution is 0.102. The van der Waals surface area contributed by atoms with Crippen LogP contribution in [0.15, 0.2) is 30.3 Å². The number of carbonyl (C=O) groups is 1. The van der Waals surface area contributed by atoms with E-state index in [1.807, 2.05) is 0 Å². The van der Waals surface area contributed by atoms with Gasteiger partial charge in [-0.25, -0.2) is 0 Å². The summed E-state index contributed by atoms with van der Waals surface area (Å²) in [6.45, 7) is 3.27. The Morgan fingerprint density at radius 3 is 2.30 bits per heavy atom. The summed E-state index contributed by atoms with van der Waals surface area (Å²) < 4.78 is 0. The number of phenols is 3. The van der Waals surface area contributed by atoms with Gasteiger partial charge in [-0.3, -0.25) is 4.79 Å². The van der Waals surface area contributed by atoms with Gasteiger partial charge in [0.25, 0.3) is 5.91 Å². The van der Waals surface area contributed by atoms with Gasteiger partial charge in [0, 0.05) is 16.8 Å². The molecule has 1 amide bonds. The highest BCUT2D eigenvalue weighted by molar-refractivity contribution is 6.05. The summed E-state index contributed by atoms with van der Waals surface area (Å²) in [7, 11) is 0. The number of amides is 1. The molecule has 0 aliphatic carbocycles. The molecular formula is C15H15NO4. The predicted octanol–water partition coefficient (Wildman–Crippen LogP) is 2.67. The maximum Gasteiger partial charge on any atom is 0.256 e. The van der Waals surface area contributed by atoms with Crippen LogP contribution in [0.25, 0.3) is 0 Å².